The van der Waals surface area contributed by atoms with E-state index >= 15 is 0 Å². The molecule has 0 saturated carbocycles. The Morgan fingerprint density at radius 3 is 3.16 bits per heavy atom. The first-order valence-electron chi connectivity index (χ1n) is 6.53. The lowest BCUT2D eigenvalue weighted by Crippen LogP contribution is -2.42. The number of carbonyl (C=O) groups excluding carboxylic acids is 1. The summed E-state index contributed by atoms with van der Waals surface area (Å²) in [6.45, 7) is 4.06. The van der Waals surface area contributed by atoms with E-state index in [1.54, 1.807) is 24.3 Å². The number of ether oxygens (including phenoxy) is 1. The summed E-state index contributed by atoms with van der Waals surface area (Å²) in [6, 6.07) is 7.08. The minimum absolute atomic E-state index is 0.0726. The third kappa shape index (κ3) is 4.49. The van der Waals surface area contributed by atoms with Gasteiger partial charge in [-0.15, -0.1) is 0 Å². The second-order valence-corrected chi connectivity index (χ2v) is 5.31. The normalized spacial score (nSPS) is 23.1. The first-order chi connectivity index (χ1) is 9.15. The maximum Gasteiger partial charge on any atom is 0.250 e. The van der Waals surface area contributed by atoms with Crippen LogP contribution in [0.15, 0.2) is 24.3 Å². The molecule has 0 bridgehead atoms. The van der Waals surface area contributed by atoms with Crippen molar-refractivity contribution in [3.05, 3.63) is 29.3 Å². The molecule has 1 amide bonds. The Kier molecular flexibility index (Phi) is 5.19. The molecule has 0 aromatic heterocycles. The van der Waals surface area contributed by atoms with E-state index in [-0.39, 0.29) is 18.6 Å². The maximum atomic E-state index is 11.8. The van der Waals surface area contributed by atoms with Crippen LogP contribution < -0.4 is 10.6 Å². The standard InChI is InChI=1S/C14H19ClN2O2/c1-10-5-6-16-8-13(10)19-9-14(18)17-12-4-2-3-11(15)7-12/h2-4,7,10,13,16H,5-6,8-9H2,1H3,(H,17,18). The number of halogens is 1. The molecule has 2 N–H and O–H groups in total. The fourth-order valence-electron chi connectivity index (χ4n) is 2.13. The number of piperidine rings is 1. The Hall–Kier alpha value is -1.10. The number of hydrogen-bond acceptors (Lipinski definition) is 3. The molecule has 104 valence electrons. The van der Waals surface area contributed by atoms with Crippen molar-refractivity contribution >= 4 is 23.2 Å². The van der Waals surface area contributed by atoms with Gasteiger partial charge in [-0.2, -0.15) is 0 Å². The SMILES string of the molecule is CC1CCNCC1OCC(=O)Nc1cccc(Cl)c1. The summed E-state index contributed by atoms with van der Waals surface area (Å²) in [5, 5.41) is 6.64. The largest absolute Gasteiger partial charge is 0.367 e. The first-order valence-corrected chi connectivity index (χ1v) is 6.90. The van der Waals surface area contributed by atoms with Crippen molar-refractivity contribution in [2.45, 2.75) is 19.4 Å². The molecule has 4 nitrogen and oxygen atoms in total. The molecule has 5 heteroatoms. The van der Waals surface area contributed by atoms with Crippen molar-refractivity contribution in [2.75, 3.05) is 25.0 Å². The molecule has 2 rings (SSSR count). The van der Waals surface area contributed by atoms with E-state index in [0.29, 0.717) is 16.6 Å². The van der Waals surface area contributed by atoms with Crippen molar-refractivity contribution in [1.82, 2.24) is 5.32 Å². The summed E-state index contributed by atoms with van der Waals surface area (Å²) in [6.07, 6.45) is 1.19. The number of hydrogen-bond donors (Lipinski definition) is 2. The molecule has 1 saturated heterocycles. The molecule has 1 aromatic rings. The highest BCUT2D eigenvalue weighted by atomic mass is 35.5. The molecule has 0 spiro atoms. The van der Waals surface area contributed by atoms with Gasteiger partial charge in [-0.05, 0) is 37.1 Å². The monoisotopic (exact) mass is 282 g/mol. The molecule has 2 atom stereocenters. The fourth-order valence-corrected chi connectivity index (χ4v) is 2.32. The van der Waals surface area contributed by atoms with Crippen LogP contribution in [0.5, 0.6) is 0 Å². The lowest BCUT2D eigenvalue weighted by Gasteiger charge is -2.29. The minimum atomic E-state index is -0.153. The Balaban J connectivity index is 1.78. The number of benzene rings is 1. The van der Waals surface area contributed by atoms with Crippen LogP contribution in [0.2, 0.25) is 5.02 Å². The molecular formula is C14H19ClN2O2. The zero-order chi connectivity index (χ0) is 13.7. The average molecular weight is 283 g/mol. The summed E-state index contributed by atoms with van der Waals surface area (Å²) in [4.78, 5) is 11.8. The highest BCUT2D eigenvalue weighted by molar-refractivity contribution is 6.30. The lowest BCUT2D eigenvalue weighted by atomic mass is 9.97. The number of anilines is 1. The van der Waals surface area contributed by atoms with Gasteiger partial charge in [0.15, 0.2) is 0 Å². The topological polar surface area (TPSA) is 50.4 Å². The summed E-state index contributed by atoms with van der Waals surface area (Å²) in [5.41, 5.74) is 0.691. The van der Waals surface area contributed by atoms with Crippen molar-refractivity contribution in [3.63, 3.8) is 0 Å². The maximum absolute atomic E-state index is 11.8. The van der Waals surface area contributed by atoms with E-state index in [1.807, 2.05) is 0 Å². The molecule has 0 aliphatic carbocycles. The highest BCUT2D eigenvalue weighted by Gasteiger charge is 2.22. The van der Waals surface area contributed by atoms with E-state index in [2.05, 4.69) is 17.6 Å². The Morgan fingerprint density at radius 1 is 1.58 bits per heavy atom. The Labute approximate surface area is 118 Å². The predicted molar refractivity (Wildman–Crippen MR) is 76.5 cm³/mol. The smallest absolute Gasteiger partial charge is 0.250 e. The molecule has 1 aliphatic rings. The third-order valence-electron chi connectivity index (χ3n) is 3.29. The van der Waals surface area contributed by atoms with E-state index in [9.17, 15) is 4.79 Å². The molecular weight excluding hydrogens is 264 g/mol. The number of nitrogens with one attached hydrogen (secondary N) is 2. The van der Waals surface area contributed by atoms with Gasteiger partial charge >= 0.3 is 0 Å². The minimum Gasteiger partial charge on any atom is -0.367 e. The van der Waals surface area contributed by atoms with Crippen LogP contribution in [-0.4, -0.2) is 31.7 Å². The second-order valence-electron chi connectivity index (χ2n) is 4.88. The van der Waals surface area contributed by atoms with Crippen molar-refractivity contribution < 1.29 is 9.53 Å². The number of amides is 1. The van der Waals surface area contributed by atoms with Gasteiger partial charge in [0.2, 0.25) is 5.91 Å². The van der Waals surface area contributed by atoms with Crippen LogP contribution >= 0.6 is 11.6 Å². The first kappa shape index (κ1) is 14.3. The van der Waals surface area contributed by atoms with Crippen LogP contribution in [-0.2, 0) is 9.53 Å². The lowest BCUT2D eigenvalue weighted by molar-refractivity contribution is -0.124. The van der Waals surface area contributed by atoms with Crippen LogP contribution in [0.3, 0.4) is 0 Å². The molecule has 19 heavy (non-hydrogen) atoms. The molecule has 0 radical (unpaired) electrons. The number of carbonyl (C=O) groups is 1. The van der Waals surface area contributed by atoms with Gasteiger partial charge in [-0.1, -0.05) is 24.6 Å². The summed E-state index contributed by atoms with van der Waals surface area (Å²) in [5.74, 6) is 0.334. The van der Waals surface area contributed by atoms with Gasteiger partial charge in [0.1, 0.15) is 6.61 Å². The van der Waals surface area contributed by atoms with Gasteiger partial charge < -0.3 is 15.4 Å². The zero-order valence-corrected chi connectivity index (χ0v) is 11.7. The fraction of sp³-hybridized carbons (Fsp3) is 0.500. The van der Waals surface area contributed by atoms with Gasteiger partial charge in [0, 0.05) is 17.3 Å². The zero-order valence-electron chi connectivity index (χ0n) is 11.0. The van der Waals surface area contributed by atoms with E-state index in [1.165, 1.54) is 0 Å². The summed E-state index contributed by atoms with van der Waals surface area (Å²) in [7, 11) is 0. The van der Waals surface area contributed by atoms with Gasteiger partial charge in [-0.25, -0.2) is 0 Å². The summed E-state index contributed by atoms with van der Waals surface area (Å²) < 4.78 is 5.65. The predicted octanol–water partition coefficient (Wildman–Crippen LogP) is 2.29. The van der Waals surface area contributed by atoms with Crippen LogP contribution in [0, 0.1) is 5.92 Å². The van der Waals surface area contributed by atoms with Gasteiger partial charge in [0.25, 0.3) is 0 Å². The quantitative estimate of drug-likeness (QED) is 0.891. The van der Waals surface area contributed by atoms with E-state index < -0.39 is 0 Å². The second kappa shape index (κ2) is 6.89. The van der Waals surface area contributed by atoms with E-state index in [0.717, 1.165) is 19.5 Å². The average Bonchev–Trinajstić information content (AvgIpc) is 2.38. The van der Waals surface area contributed by atoms with Crippen LogP contribution in [0.1, 0.15) is 13.3 Å². The van der Waals surface area contributed by atoms with E-state index in [4.69, 9.17) is 16.3 Å². The Bertz CT molecular complexity index is 439. The van der Waals surface area contributed by atoms with Gasteiger partial charge in [-0.3, -0.25) is 4.79 Å². The molecule has 1 heterocycles. The van der Waals surface area contributed by atoms with Crippen molar-refractivity contribution in [3.8, 4) is 0 Å². The highest BCUT2D eigenvalue weighted by Crippen LogP contribution is 2.16. The molecule has 1 aromatic carbocycles. The number of rotatable bonds is 4. The summed E-state index contributed by atoms with van der Waals surface area (Å²) >= 11 is 5.86. The van der Waals surface area contributed by atoms with Crippen LogP contribution in [0.25, 0.3) is 0 Å². The third-order valence-corrected chi connectivity index (χ3v) is 3.53. The molecule has 1 fully saturated rings. The van der Waals surface area contributed by atoms with Crippen molar-refractivity contribution in [2.24, 2.45) is 5.92 Å². The van der Waals surface area contributed by atoms with Crippen LogP contribution in [0.4, 0.5) is 5.69 Å². The van der Waals surface area contributed by atoms with Gasteiger partial charge in [0.05, 0.1) is 6.10 Å². The molecule has 1 aliphatic heterocycles. The van der Waals surface area contributed by atoms with Crippen molar-refractivity contribution in [1.29, 1.82) is 0 Å². The molecule has 2 unspecified atom stereocenters. The Morgan fingerprint density at radius 2 is 2.42 bits per heavy atom.